The van der Waals surface area contributed by atoms with Gasteiger partial charge in [-0.3, -0.25) is 19.2 Å². The first-order valence-corrected chi connectivity index (χ1v) is 21.2. The van der Waals surface area contributed by atoms with Crippen LogP contribution in [0.3, 0.4) is 0 Å². The highest BCUT2D eigenvalue weighted by atomic mass is 33.1. The van der Waals surface area contributed by atoms with E-state index in [0.717, 1.165) is 42.5 Å². The van der Waals surface area contributed by atoms with Gasteiger partial charge in [-0.25, -0.2) is 0 Å². The van der Waals surface area contributed by atoms with Gasteiger partial charge >= 0.3 is 0 Å². The van der Waals surface area contributed by atoms with Crippen molar-refractivity contribution in [3.05, 3.63) is 0 Å². The smallest absolute Gasteiger partial charge is 0.221 e. The van der Waals surface area contributed by atoms with Crippen molar-refractivity contribution in [1.82, 2.24) is 36.4 Å². The van der Waals surface area contributed by atoms with Gasteiger partial charge in [0.05, 0.1) is 0 Å². The molecule has 262 valence electrons. The summed E-state index contributed by atoms with van der Waals surface area (Å²) in [4.78, 5) is 51.9. The van der Waals surface area contributed by atoms with Crippen molar-refractivity contribution in [2.75, 3.05) is 108 Å². The molecule has 4 amide bonds. The Morgan fingerprint density at radius 3 is 1.62 bits per heavy atom. The zero-order chi connectivity index (χ0) is 32.8. The lowest BCUT2D eigenvalue weighted by Gasteiger charge is -2.21. The number of amides is 4. The van der Waals surface area contributed by atoms with Crippen LogP contribution in [0.5, 0.6) is 0 Å². The van der Waals surface area contributed by atoms with Crippen molar-refractivity contribution in [3.8, 4) is 0 Å². The summed E-state index contributed by atoms with van der Waals surface area (Å²) in [6, 6.07) is 0. The molecule has 1 heterocycles. The van der Waals surface area contributed by atoms with Crippen LogP contribution in [0.2, 0.25) is 0 Å². The molecular weight excluding hydrogens is 655 g/mol. The quantitative estimate of drug-likeness (QED) is 0.0468. The minimum absolute atomic E-state index is 0.0241. The summed E-state index contributed by atoms with van der Waals surface area (Å²) < 4.78 is 0. The van der Waals surface area contributed by atoms with Crippen LogP contribution in [-0.4, -0.2) is 147 Å². The highest BCUT2D eigenvalue weighted by Gasteiger charge is 2.12. The summed E-state index contributed by atoms with van der Waals surface area (Å²) in [5.41, 5.74) is 0. The van der Waals surface area contributed by atoms with Crippen molar-refractivity contribution in [3.63, 3.8) is 0 Å². The van der Waals surface area contributed by atoms with E-state index >= 15 is 0 Å². The number of likely N-dealkylation sites (tertiary alicyclic amines) is 1. The highest BCUT2D eigenvalue weighted by molar-refractivity contribution is 8.77. The fraction of sp³-hybridized carbons (Fsp3) is 0.862. The minimum atomic E-state index is -0.0292. The topological polar surface area (TPSA) is 155 Å². The molecule has 1 saturated heterocycles. The van der Waals surface area contributed by atoms with Crippen LogP contribution in [-0.2, 0) is 19.2 Å². The number of aliphatic hydroxyl groups excluding tert-OH is 1. The lowest BCUT2D eigenvalue weighted by Crippen LogP contribution is -2.35. The molecule has 0 atom stereocenters. The van der Waals surface area contributed by atoms with Crippen molar-refractivity contribution < 1.29 is 24.3 Å². The van der Waals surface area contributed by atoms with Gasteiger partial charge in [-0.15, -0.1) is 0 Å². The Balaban J connectivity index is 1.97. The maximum Gasteiger partial charge on any atom is 0.221 e. The number of hydrogen-bond donors (Lipinski definition) is 6. The first kappa shape index (κ1) is 42.1. The number of hydrogen-bond acceptors (Lipinski definition) is 12. The summed E-state index contributed by atoms with van der Waals surface area (Å²) in [5.74, 6) is 3.21. The van der Waals surface area contributed by atoms with Crippen molar-refractivity contribution >= 4 is 66.8 Å². The van der Waals surface area contributed by atoms with E-state index in [1.807, 2.05) is 4.90 Å². The number of rotatable bonds is 30. The van der Waals surface area contributed by atoms with Gasteiger partial charge in [-0.05, 0) is 51.9 Å². The number of aliphatic hydroxyl groups is 1. The molecule has 45 heavy (non-hydrogen) atoms. The second-order valence-electron chi connectivity index (χ2n) is 10.6. The normalized spacial score (nSPS) is 13.2. The maximum atomic E-state index is 12.3. The van der Waals surface area contributed by atoms with E-state index in [1.165, 1.54) is 32.9 Å². The molecule has 0 aromatic heterocycles. The average Bonchev–Trinajstić information content (AvgIpc) is 3.54. The summed E-state index contributed by atoms with van der Waals surface area (Å²) in [6.07, 6.45) is 5.56. The SMILES string of the molecule is CC(=O)NCCSSCCNC(=O)CCN(CCCO)CCC(=O)NCCSSCCNC(=O)CCNCCCN1CCCC1. The van der Waals surface area contributed by atoms with Crippen LogP contribution < -0.4 is 26.6 Å². The summed E-state index contributed by atoms with van der Waals surface area (Å²) in [6.45, 7) is 11.0. The third kappa shape index (κ3) is 27.9. The molecule has 0 aliphatic carbocycles. The van der Waals surface area contributed by atoms with Crippen molar-refractivity contribution in [1.29, 1.82) is 0 Å². The number of nitrogens with one attached hydrogen (secondary N) is 5. The van der Waals surface area contributed by atoms with E-state index in [-0.39, 0.29) is 30.2 Å². The minimum Gasteiger partial charge on any atom is -0.396 e. The molecule has 1 aliphatic rings. The van der Waals surface area contributed by atoms with E-state index < -0.39 is 0 Å². The van der Waals surface area contributed by atoms with E-state index in [1.54, 1.807) is 43.2 Å². The van der Waals surface area contributed by atoms with Gasteiger partial charge < -0.3 is 41.5 Å². The largest absolute Gasteiger partial charge is 0.396 e. The van der Waals surface area contributed by atoms with Crippen LogP contribution in [0.4, 0.5) is 0 Å². The Bertz CT molecular complexity index is 798. The highest BCUT2D eigenvalue weighted by Crippen LogP contribution is 2.19. The van der Waals surface area contributed by atoms with Gasteiger partial charge in [-0.2, -0.15) is 0 Å². The molecule has 0 aromatic carbocycles. The molecule has 6 N–H and O–H groups in total. The molecule has 16 heteroatoms. The van der Waals surface area contributed by atoms with E-state index in [0.29, 0.717) is 78.0 Å². The van der Waals surface area contributed by atoms with Crippen LogP contribution in [0, 0.1) is 0 Å². The fourth-order valence-electron chi connectivity index (χ4n) is 4.38. The number of carbonyl (C=O) groups is 4. The molecular formula is C29H57N7O5S4. The monoisotopic (exact) mass is 711 g/mol. The van der Waals surface area contributed by atoms with Crippen LogP contribution in [0.15, 0.2) is 0 Å². The molecule has 0 saturated carbocycles. The third-order valence-corrected chi connectivity index (χ3v) is 11.6. The van der Waals surface area contributed by atoms with Gasteiger partial charge in [0.2, 0.25) is 23.6 Å². The van der Waals surface area contributed by atoms with E-state index in [9.17, 15) is 24.3 Å². The molecule has 1 aliphatic heterocycles. The van der Waals surface area contributed by atoms with Gasteiger partial charge in [-0.1, -0.05) is 43.2 Å². The second kappa shape index (κ2) is 30.5. The number of carbonyl (C=O) groups excluding carboxylic acids is 4. The summed E-state index contributed by atoms with van der Waals surface area (Å²) in [7, 11) is 6.69. The molecule has 1 fully saturated rings. The zero-order valence-electron chi connectivity index (χ0n) is 27.1. The maximum absolute atomic E-state index is 12.3. The van der Waals surface area contributed by atoms with Crippen LogP contribution in [0.25, 0.3) is 0 Å². The molecule has 1 rings (SSSR count). The molecule has 12 nitrogen and oxygen atoms in total. The standard InChI is InChI=1S/C29H57N7O5S4/c1-26(38)31-11-22-42-43-24-13-33-28(40)7-19-36(18-5-21-37)20-8-29(41)34-14-25-45-44-23-12-32-27(39)6-10-30-9-4-17-35-15-2-3-16-35/h30,37H,2-25H2,1H3,(H,31,38)(H,32,39)(H,33,40)(H,34,41). The van der Waals surface area contributed by atoms with E-state index in [2.05, 4.69) is 31.5 Å². The molecule has 0 bridgehead atoms. The lowest BCUT2D eigenvalue weighted by atomic mass is 10.3. The van der Waals surface area contributed by atoms with Gasteiger partial charge in [0.25, 0.3) is 0 Å². The number of nitrogens with zero attached hydrogens (tertiary/aromatic N) is 2. The van der Waals surface area contributed by atoms with Crippen LogP contribution in [0.1, 0.15) is 51.9 Å². The lowest BCUT2D eigenvalue weighted by molar-refractivity contribution is -0.122. The Hall–Kier alpha value is -0.880. The first-order chi connectivity index (χ1) is 21.9. The van der Waals surface area contributed by atoms with Crippen molar-refractivity contribution in [2.45, 2.75) is 51.9 Å². The van der Waals surface area contributed by atoms with Crippen LogP contribution >= 0.6 is 43.2 Å². The average molecular weight is 712 g/mol. The Kier molecular flexibility index (Phi) is 28.5. The molecule has 0 spiro atoms. The molecule has 0 radical (unpaired) electrons. The predicted octanol–water partition coefficient (Wildman–Crippen LogP) is 1.16. The summed E-state index contributed by atoms with van der Waals surface area (Å²) >= 11 is 0. The first-order valence-electron chi connectivity index (χ1n) is 16.2. The van der Waals surface area contributed by atoms with Gasteiger partial charge in [0, 0.05) is 108 Å². The fourth-order valence-corrected chi connectivity index (χ4v) is 8.00. The Morgan fingerprint density at radius 1 is 0.644 bits per heavy atom. The second-order valence-corrected chi connectivity index (χ2v) is 16.0. The predicted molar refractivity (Wildman–Crippen MR) is 193 cm³/mol. The third-order valence-electron chi connectivity index (χ3n) is 6.75. The molecule has 0 unspecified atom stereocenters. The van der Waals surface area contributed by atoms with Gasteiger partial charge in [0.15, 0.2) is 0 Å². The summed E-state index contributed by atoms with van der Waals surface area (Å²) in [5, 5.41) is 24.1. The Labute approximate surface area is 286 Å². The van der Waals surface area contributed by atoms with Gasteiger partial charge in [0.1, 0.15) is 0 Å². The van der Waals surface area contributed by atoms with Crippen molar-refractivity contribution in [2.24, 2.45) is 0 Å². The molecule has 0 aromatic rings. The zero-order valence-corrected chi connectivity index (χ0v) is 30.3. The van der Waals surface area contributed by atoms with E-state index in [4.69, 9.17) is 0 Å². The Morgan fingerprint density at radius 2 is 1.13 bits per heavy atom.